The van der Waals surface area contributed by atoms with E-state index in [4.69, 9.17) is 9.47 Å². The summed E-state index contributed by atoms with van der Waals surface area (Å²) in [6.45, 7) is 0.442. The van der Waals surface area contributed by atoms with Crippen molar-refractivity contribution in [3.05, 3.63) is 62.9 Å². The van der Waals surface area contributed by atoms with Crippen LogP contribution in [-0.4, -0.2) is 18.1 Å². The van der Waals surface area contributed by atoms with E-state index >= 15 is 0 Å². The highest BCUT2D eigenvalue weighted by molar-refractivity contribution is 9.10. The Bertz CT molecular complexity index is 651. The van der Waals surface area contributed by atoms with E-state index < -0.39 is 4.92 Å². The SMILES string of the molecule is O=[N+]([O-])c1cccc(OCCOc2ccc(F)cc2Br)c1. The zero-order valence-electron chi connectivity index (χ0n) is 10.8. The van der Waals surface area contributed by atoms with Crippen molar-refractivity contribution in [1.29, 1.82) is 0 Å². The first-order chi connectivity index (χ1) is 10.1. The average Bonchev–Trinajstić information content (AvgIpc) is 2.45. The third kappa shape index (κ3) is 4.42. The smallest absolute Gasteiger partial charge is 0.273 e. The van der Waals surface area contributed by atoms with E-state index in [2.05, 4.69) is 15.9 Å². The lowest BCUT2D eigenvalue weighted by Crippen LogP contribution is -2.09. The van der Waals surface area contributed by atoms with Gasteiger partial charge in [-0.3, -0.25) is 10.1 Å². The normalized spacial score (nSPS) is 10.2. The molecule has 0 atom stereocenters. The molecule has 5 nitrogen and oxygen atoms in total. The van der Waals surface area contributed by atoms with Crippen LogP contribution in [-0.2, 0) is 0 Å². The summed E-state index contributed by atoms with van der Waals surface area (Å²) in [6, 6.07) is 10.0. The minimum Gasteiger partial charge on any atom is -0.490 e. The molecule has 2 rings (SSSR count). The molecule has 0 fully saturated rings. The summed E-state index contributed by atoms with van der Waals surface area (Å²) in [7, 11) is 0. The second-order valence-electron chi connectivity index (χ2n) is 4.03. The van der Waals surface area contributed by atoms with E-state index in [-0.39, 0.29) is 24.7 Å². The number of hydrogen-bond donors (Lipinski definition) is 0. The predicted octanol–water partition coefficient (Wildman–Crippen LogP) is 3.95. The lowest BCUT2D eigenvalue weighted by atomic mass is 10.3. The maximum absolute atomic E-state index is 12.9. The minimum absolute atomic E-state index is 0.0327. The number of halogens is 2. The van der Waals surface area contributed by atoms with Crippen LogP contribution < -0.4 is 9.47 Å². The predicted molar refractivity (Wildman–Crippen MR) is 78.2 cm³/mol. The van der Waals surface area contributed by atoms with Crippen molar-refractivity contribution in [2.75, 3.05) is 13.2 Å². The summed E-state index contributed by atoms with van der Waals surface area (Å²) in [6.07, 6.45) is 0. The maximum Gasteiger partial charge on any atom is 0.273 e. The summed E-state index contributed by atoms with van der Waals surface area (Å²) in [5.74, 6) is 0.534. The third-order valence-electron chi connectivity index (χ3n) is 2.53. The maximum atomic E-state index is 12.9. The Kier molecular flexibility index (Phi) is 5.10. The molecular weight excluding hydrogens is 345 g/mol. The zero-order valence-corrected chi connectivity index (χ0v) is 12.4. The fraction of sp³-hybridized carbons (Fsp3) is 0.143. The fourth-order valence-corrected chi connectivity index (χ4v) is 2.06. The Morgan fingerprint density at radius 1 is 1.14 bits per heavy atom. The van der Waals surface area contributed by atoms with Gasteiger partial charge < -0.3 is 9.47 Å². The molecule has 0 amide bonds. The molecule has 2 aromatic carbocycles. The summed E-state index contributed by atoms with van der Waals surface area (Å²) in [4.78, 5) is 10.1. The number of hydrogen-bond acceptors (Lipinski definition) is 4. The Morgan fingerprint density at radius 3 is 2.62 bits per heavy atom. The van der Waals surface area contributed by atoms with Crippen LogP contribution in [0.5, 0.6) is 11.5 Å². The standard InChI is InChI=1S/C14H11BrFNO4/c15-13-8-10(16)4-5-14(13)21-7-6-20-12-3-1-2-11(9-12)17(18)19/h1-5,8-9H,6-7H2. The molecule has 0 radical (unpaired) electrons. The number of nitrogens with zero attached hydrogens (tertiary/aromatic N) is 1. The van der Waals surface area contributed by atoms with Crippen molar-refractivity contribution < 1.29 is 18.8 Å². The topological polar surface area (TPSA) is 61.6 Å². The van der Waals surface area contributed by atoms with Crippen molar-refractivity contribution in [1.82, 2.24) is 0 Å². The molecule has 0 aliphatic rings. The molecule has 21 heavy (non-hydrogen) atoms. The van der Waals surface area contributed by atoms with Gasteiger partial charge in [-0.05, 0) is 40.2 Å². The van der Waals surface area contributed by atoms with Crippen LogP contribution in [0.1, 0.15) is 0 Å². The lowest BCUT2D eigenvalue weighted by molar-refractivity contribution is -0.384. The van der Waals surface area contributed by atoms with Gasteiger partial charge in [-0.2, -0.15) is 0 Å². The van der Waals surface area contributed by atoms with Gasteiger partial charge in [0.15, 0.2) is 0 Å². The number of ether oxygens (including phenoxy) is 2. The molecular formula is C14H11BrFNO4. The number of benzene rings is 2. The highest BCUT2D eigenvalue weighted by atomic mass is 79.9. The molecule has 0 unspecified atom stereocenters. The van der Waals surface area contributed by atoms with Crippen LogP contribution in [0.25, 0.3) is 0 Å². The Morgan fingerprint density at radius 2 is 1.90 bits per heavy atom. The third-order valence-corrected chi connectivity index (χ3v) is 3.15. The number of nitro benzene ring substituents is 1. The van der Waals surface area contributed by atoms with Gasteiger partial charge in [-0.25, -0.2) is 4.39 Å². The first-order valence-electron chi connectivity index (χ1n) is 6.01. The molecule has 0 aromatic heterocycles. The molecule has 110 valence electrons. The molecule has 2 aromatic rings. The van der Waals surface area contributed by atoms with E-state index in [1.807, 2.05) is 0 Å². The van der Waals surface area contributed by atoms with E-state index in [1.54, 1.807) is 12.1 Å². The molecule has 0 bridgehead atoms. The molecule has 0 saturated heterocycles. The van der Waals surface area contributed by atoms with E-state index in [1.165, 1.54) is 30.3 Å². The van der Waals surface area contributed by atoms with E-state index in [0.29, 0.717) is 16.0 Å². The monoisotopic (exact) mass is 355 g/mol. The molecule has 0 N–H and O–H groups in total. The van der Waals surface area contributed by atoms with Crippen molar-refractivity contribution in [3.63, 3.8) is 0 Å². The molecule has 0 heterocycles. The molecule has 0 aliphatic heterocycles. The van der Waals surface area contributed by atoms with Gasteiger partial charge in [0.05, 0.1) is 15.5 Å². The quantitative estimate of drug-likeness (QED) is 0.447. The van der Waals surface area contributed by atoms with Gasteiger partial charge in [0.2, 0.25) is 0 Å². The Hall–Kier alpha value is -2.15. The van der Waals surface area contributed by atoms with Gasteiger partial charge >= 0.3 is 0 Å². The van der Waals surface area contributed by atoms with Crippen molar-refractivity contribution in [3.8, 4) is 11.5 Å². The second kappa shape index (κ2) is 7.03. The Labute approximate surface area is 128 Å². The van der Waals surface area contributed by atoms with Crippen LogP contribution in [0.3, 0.4) is 0 Å². The number of non-ortho nitro benzene ring substituents is 1. The summed E-state index contributed by atoms with van der Waals surface area (Å²) in [5, 5.41) is 10.6. The highest BCUT2D eigenvalue weighted by Crippen LogP contribution is 2.25. The summed E-state index contributed by atoms with van der Waals surface area (Å²) in [5.41, 5.74) is -0.0327. The van der Waals surface area contributed by atoms with Crippen LogP contribution in [0, 0.1) is 15.9 Å². The average molecular weight is 356 g/mol. The second-order valence-corrected chi connectivity index (χ2v) is 4.88. The van der Waals surface area contributed by atoms with Crippen LogP contribution in [0.15, 0.2) is 46.9 Å². The Balaban J connectivity index is 1.84. The highest BCUT2D eigenvalue weighted by Gasteiger charge is 2.06. The van der Waals surface area contributed by atoms with Gasteiger partial charge in [0, 0.05) is 6.07 Å². The van der Waals surface area contributed by atoms with Crippen molar-refractivity contribution in [2.24, 2.45) is 0 Å². The van der Waals surface area contributed by atoms with E-state index in [9.17, 15) is 14.5 Å². The van der Waals surface area contributed by atoms with Gasteiger partial charge in [0.25, 0.3) is 5.69 Å². The molecule has 0 aliphatic carbocycles. The first-order valence-corrected chi connectivity index (χ1v) is 6.80. The van der Waals surface area contributed by atoms with Crippen molar-refractivity contribution in [2.45, 2.75) is 0 Å². The zero-order chi connectivity index (χ0) is 15.2. The van der Waals surface area contributed by atoms with Crippen molar-refractivity contribution >= 4 is 21.6 Å². The van der Waals surface area contributed by atoms with Crippen LogP contribution in [0.4, 0.5) is 10.1 Å². The molecule has 0 saturated carbocycles. The van der Waals surface area contributed by atoms with Gasteiger partial charge in [0.1, 0.15) is 30.5 Å². The number of rotatable bonds is 6. The fourth-order valence-electron chi connectivity index (χ4n) is 1.59. The van der Waals surface area contributed by atoms with E-state index in [0.717, 1.165) is 0 Å². The van der Waals surface area contributed by atoms with Gasteiger partial charge in [-0.1, -0.05) is 6.07 Å². The number of nitro groups is 1. The minimum atomic E-state index is -0.487. The summed E-state index contributed by atoms with van der Waals surface area (Å²) >= 11 is 3.19. The lowest BCUT2D eigenvalue weighted by Gasteiger charge is -2.09. The first kappa shape index (κ1) is 15.2. The van der Waals surface area contributed by atoms with Crippen LogP contribution in [0.2, 0.25) is 0 Å². The van der Waals surface area contributed by atoms with Crippen LogP contribution >= 0.6 is 15.9 Å². The largest absolute Gasteiger partial charge is 0.490 e. The van der Waals surface area contributed by atoms with Gasteiger partial charge in [-0.15, -0.1) is 0 Å². The summed E-state index contributed by atoms with van der Waals surface area (Å²) < 4.78 is 24.2. The molecule has 7 heteroatoms. The molecule has 0 spiro atoms.